The van der Waals surface area contributed by atoms with Gasteiger partial charge in [0, 0.05) is 12.7 Å². The molecule has 0 aliphatic carbocycles. The lowest BCUT2D eigenvalue weighted by atomic mass is 10.1. The monoisotopic (exact) mass is 217 g/mol. The average molecular weight is 217 g/mol. The van der Waals surface area contributed by atoms with E-state index in [4.69, 9.17) is 0 Å². The molecule has 1 aliphatic rings. The van der Waals surface area contributed by atoms with Crippen molar-refractivity contribution in [3.8, 4) is 0 Å². The molecule has 1 heterocycles. The fraction of sp³-hybridized carbons (Fsp3) is 0.800. The minimum atomic E-state index is 0.367. The zero-order valence-electron chi connectivity index (χ0n) is 8.28. The third kappa shape index (κ3) is 4.32. The Morgan fingerprint density at radius 2 is 2.08 bits per heavy atom. The van der Waals surface area contributed by atoms with E-state index in [0.29, 0.717) is 4.71 Å². The van der Waals surface area contributed by atoms with E-state index in [1.54, 1.807) is 11.8 Å². The largest absolute Gasteiger partial charge is 0.356 e. The van der Waals surface area contributed by atoms with Crippen molar-refractivity contribution in [2.24, 2.45) is 0 Å². The molecule has 0 N–H and O–H groups in total. The maximum absolute atomic E-state index is 4.46. The van der Waals surface area contributed by atoms with Gasteiger partial charge < -0.3 is 4.90 Å². The van der Waals surface area contributed by atoms with Gasteiger partial charge in [0.2, 0.25) is 0 Å². The number of thioether (sulfide) groups is 1. The fourth-order valence-corrected chi connectivity index (χ4v) is 2.52. The number of unbranched alkanes of at least 4 members (excludes halogenated alkanes) is 4. The number of nitrogens with zero attached hydrogens (tertiary/aromatic N) is 1. The zero-order valence-corrected chi connectivity index (χ0v) is 9.99. The number of hydrogen-bond donors (Lipinski definition) is 1. The second kappa shape index (κ2) is 6.66. The summed E-state index contributed by atoms with van der Waals surface area (Å²) in [6, 6.07) is 0. The van der Waals surface area contributed by atoms with Gasteiger partial charge >= 0.3 is 0 Å². The van der Waals surface area contributed by atoms with Gasteiger partial charge in [-0.25, -0.2) is 0 Å². The van der Waals surface area contributed by atoms with Crippen LogP contribution in [0.1, 0.15) is 39.0 Å². The highest BCUT2D eigenvalue weighted by atomic mass is 32.2. The van der Waals surface area contributed by atoms with Crippen LogP contribution in [0.2, 0.25) is 0 Å². The van der Waals surface area contributed by atoms with Gasteiger partial charge in [-0.05, 0) is 11.8 Å². The van der Waals surface area contributed by atoms with Crippen LogP contribution < -0.4 is 0 Å². The molecule has 76 valence electrons. The first-order valence-electron chi connectivity index (χ1n) is 5.10. The molecule has 0 saturated heterocycles. The summed E-state index contributed by atoms with van der Waals surface area (Å²) in [7, 11) is 0. The summed E-state index contributed by atoms with van der Waals surface area (Å²) in [6.45, 7) is 3.42. The molecule has 0 bridgehead atoms. The standard InChI is InChI=1S/C10H19NS2/c1-2-3-4-5-6-7-11-8-9-13-10(11)12/h8-10,12H,2-7H2,1H3. The molecule has 0 aromatic rings. The highest BCUT2D eigenvalue weighted by molar-refractivity contribution is 8.12. The molecule has 1 atom stereocenters. The summed E-state index contributed by atoms with van der Waals surface area (Å²) in [4.78, 5) is 2.31. The van der Waals surface area contributed by atoms with E-state index < -0.39 is 0 Å². The lowest BCUT2D eigenvalue weighted by Crippen LogP contribution is -2.20. The molecule has 0 aromatic heterocycles. The molecule has 1 rings (SSSR count). The van der Waals surface area contributed by atoms with Gasteiger partial charge in [0.1, 0.15) is 4.71 Å². The van der Waals surface area contributed by atoms with Crippen LogP contribution in [0, 0.1) is 0 Å². The van der Waals surface area contributed by atoms with Crippen LogP contribution in [-0.4, -0.2) is 16.2 Å². The Bertz CT molecular complexity index is 159. The lowest BCUT2D eigenvalue weighted by Gasteiger charge is -2.20. The predicted octanol–water partition coefficient (Wildman–Crippen LogP) is 3.69. The SMILES string of the molecule is CCCCCCCN1C=CSC1S. The highest BCUT2D eigenvalue weighted by Gasteiger charge is 2.13. The molecular weight excluding hydrogens is 198 g/mol. The quantitative estimate of drug-likeness (QED) is 0.534. The molecule has 0 fully saturated rings. The Labute approximate surface area is 91.4 Å². The zero-order chi connectivity index (χ0) is 9.52. The summed E-state index contributed by atoms with van der Waals surface area (Å²) in [5, 5.41) is 2.13. The van der Waals surface area contributed by atoms with E-state index in [1.165, 1.54) is 38.6 Å². The number of thiol groups is 1. The van der Waals surface area contributed by atoms with Crippen molar-refractivity contribution in [3.63, 3.8) is 0 Å². The van der Waals surface area contributed by atoms with Gasteiger partial charge in [-0.3, -0.25) is 0 Å². The Kier molecular flexibility index (Phi) is 5.80. The van der Waals surface area contributed by atoms with Gasteiger partial charge in [-0.15, -0.1) is 12.6 Å². The molecule has 0 aromatic carbocycles. The molecule has 3 heteroatoms. The van der Waals surface area contributed by atoms with Crippen LogP contribution in [0.25, 0.3) is 0 Å². The van der Waals surface area contributed by atoms with E-state index >= 15 is 0 Å². The van der Waals surface area contributed by atoms with E-state index in [1.807, 2.05) is 0 Å². The van der Waals surface area contributed by atoms with Crippen molar-refractivity contribution in [1.29, 1.82) is 0 Å². The summed E-state index contributed by atoms with van der Waals surface area (Å²) >= 11 is 6.24. The number of rotatable bonds is 6. The van der Waals surface area contributed by atoms with Gasteiger partial charge in [-0.1, -0.05) is 44.4 Å². The van der Waals surface area contributed by atoms with Crippen LogP contribution in [-0.2, 0) is 0 Å². The molecule has 0 spiro atoms. The maximum Gasteiger partial charge on any atom is 0.123 e. The molecule has 0 amide bonds. The van der Waals surface area contributed by atoms with Crippen LogP contribution in [0.3, 0.4) is 0 Å². The second-order valence-electron chi connectivity index (χ2n) is 3.40. The van der Waals surface area contributed by atoms with E-state index in [0.717, 1.165) is 0 Å². The van der Waals surface area contributed by atoms with Crippen LogP contribution in [0.4, 0.5) is 0 Å². The third-order valence-electron chi connectivity index (χ3n) is 2.26. The summed E-state index contributed by atoms with van der Waals surface area (Å²) < 4.78 is 0.367. The minimum Gasteiger partial charge on any atom is -0.356 e. The molecule has 13 heavy (non-hydrogen) atoms. The number of hydrogen-bond acceptors (Lipinski definition) is 3. The molecule has 1 unspecified atom stereocenters. The molecular formula is C10H19NS2. The maximum atomic E-state index is 4.46. The van der Waals surface area contributed by atoms with Crippen molar-refractivity contribution in [2.75, 3.05) is 6.54 Å². The minimum absolute atomic E-state index is 0.367. The van der Waals surface area contributed by atoms with Crippen molar-refractivity contribution in [2.45, 2.75) is 43.7 Å². The molecule has 1 nitrogen and oxygen atoms in total. The Hall–Kier alpha value is 0.240. The van der Waals surface area contributed by atoms with Gasteiger partial charge in [0.15, 0.2) is 0 Å². The van der Waals surface area contributed by atoms with Gasteiger partial charge in [-0.2, -0.15) is 0 Å². The van der Waals surface area contributed by atoms with Crippen LogP contribution >= 0.6 is 24.4 Å². The van der Waals surface area contributed by atoms with E-state index in [9.17, 15) is 0 Å². The van der Waals surface area contributed by atoms with E-state index in [2.05, 4.69) is 36.1 Å². The predicted molar refractivity (Wildman–Crippen MR) is 65.0 cm³/mol. The third-order valence-corrected chi connectivity index (χ3v) is 3.71. The van der Waals surface area contributed by atoms with Crippen molar-refractivity contribution in [1.82, 2.24) is 4.90 Å². The first-order chi connectivity index (χ1) is 6.34. The van der Waals surface area contributed by atoms with Crippen molar-refractivity contribution < 1.29 is 0 Å². The lowest BCUT2D eigenvalue weighted by molar-refractivity contribution is 0.405. The normalized spacial score (nSPS) is 21.4. The first-order valence-corrected chi connectivity index (χ1v) is 6.56. The van der Waals surface area contributed by atoms with Crippen molar-refractivity contribution >= 4 is 24.4 Å². The van der Waals surface area contributed by atoms with Crippen LogP contribution in [0.5, 0.6) is 0 Å². The molecule has 0 radical (unpaired) electrons. The Morgan fingerprint density at radius 3 is 2.69 bits per heavy atom. The van der Waals surface area contributed by atoms with E-state index in [-0.39, 0.29) is 0 Å². The molecule has 1 aliphatic heterocycles. The fourth-order valence-electron chi connectivity index (χ4n) is 1.42. The second-order valence-corrected chi connectivity index (χ2v) is 5.23. The summed E-state index contributed by atoms with van der Waals surface area (Å²) in [5.74, 6) is 0. The van der Waals surface area contributed by atoms with Gasteiger partial charge in [0.25, 0.3) is 0 Å². The Morgan fingerprint density at radius 1 is 1.31 bits per heavy atom. The van der Waals surface area contributed by atoms with Crippen LogP contribution in [0.15, 0.2) is 11.6 Å². The van der Waals surface area contributed by atoms with Gasteiger partial charge in [0.05, 0.1) is 0 Å². The highest BCUT2D eigenvalue weighted by Crippen LogP contribution is 2.27. The Balaban J connectivity index is 1.96. The summed E-state index contributed by atoms with van der Waals surface area (Å²) in [6.07, 6.45) is 8.93. The van der Waals surface area contributed by atoms with Crippen molar-refractivity contribution in [3.05, 3.63) is 11.6 Å². The first kappa shape index (κ1) is 11.3. The average Bonchev–Trinajstić information content (AvgIpc) is 2.52. The molecule has 0 saturated carbocycles. The smallest absolute Gasteiger partial charge is 0.123 e. The topological polar surface area (TPSA) is 3.24 Å². The summed E-state index contributed by atoms with van der Waals surface area (Å²) in [5.41, 5.74) is 0.